The predicted molar refractivity (Wildman–Crippen MR) is 120 cm³/mol. The summed E-state index contributed by atoms with van der Waals surface area (Å²) >= 11 is 0. The van der Waals surface area contributed by atoms with E-state index in [-0.39, 0.29) is 6.61 Å². The van der Waals surface area contributed by atoms with Crippen LogP contribution in [0.2, 0.25) is 0 Å². The largest absolute Gasteiger partial charge is 0.392 e. The van der Waals surface area contributed by atoms with Crippen LogP contribution in [0.5, 0.6) is 0 Å². The average Bonchev–Trinajstić information content (AvgIpc) is 2.72. The lowest BCUT2D eigenvalue weighted by molar-refractivity contribution is -0.00600. The van der Waals surface area contributed by atoms with Crippen LogP contribution in [0.4, 0.5) is 0 Å². The summed E-state index contributed by atoms with van der Waals surface area (Å²) in [5.41, 5.74) is 6.83. The Bertz CT molecular complexity index is 1060. The molecule has 0 aromatic heterocycles. The zero-order valence-electron chi connectivity index (χ0n) is 17.3. The number of aliphatic hydroxyl groups is 1. The van der Waals surface area contributed by atoms with E-state index in [0.717, 1.165) is 23.3 Å². The van der Waals surface area contributed by atoms with Gasteiger partial charge in [0.1, 0.15) is 0 Å². The zero-order chi connectivity index (χ0) is 19.6. The second kappa shape index (κ2) is 6.44. The first-order valence-corrected chi connectivity index (χ1v) is 11.4. The fraction of sp³-hybridized carbons (Fsp3) is 0.429. The molecule has 0 spiro atoms. The molecule has 0 aliphatic heterocycles. The minimum atomic E-state index is 0.161. The molecule has 4 aliphatic rings. The summed E-state index contributed by atoms with van der Waals surface area (Å²) in [6.07, 6.45) is 8.39. The minimum Gasteiger partial charge on any atom is -0.392 e. The van der Waals surface area contributed by atoms with Crippen LogP contribution >= 0.6 is 0 Å². The van der Waals surface area contributed by atoms with Crippen LogP contribution in [-0.4, -0.2) is 5.11 Å². The molecule has 0 unspecified atom stereocenters. The van der Waals surface area contributed by atoms with E-state index in [2.05, 4.69) is 61.5 Å². The van der Waals surface area contributed by atoms with Gasteiger partial charge in [-0.2, -0.15) is 0 Å². The van der Waals surface area contributed by atoms with Gasteiger partial charge in [0.2, 0.25) is 0 Å². The predicted octanol–water partition coefficient (Wildman–Crippen LogP) is 6.78. The molecule has 148 valence electrons. The average molecular weight is 383 g/mol. The highest BCUT2D eigenvalue weighted by Crippen LogP contribution is 2.61. The maximum Gasteiger partial charge on any atom is 0.0684 e. The van der Waals surface area contributed by atoms with Gasteiger partial charge in [-0.25, -0.2) is 0 Å². The van der Waals surface area contributed by atoms with Gasteiger partial charge in [0, 0.05) is 0 Å². The summed E-state index contributed by atoms with van der Waals surface area (Å²) < 4.78 is 0. The number of hydrogen-bond acceptors (Lipinski definition) is 1. The molecule has 4 bridgehead atoms. The molecule has 4 aliphatic carbocycles. The number of benzene rings is 3. The van der Waals surface area contributed by atoms with Crippen molar-refractivity contribution in [3.05, 3.63) is 71.3 Å². The zero-order valence-corrected chi connectivity index (χ0v) is 17.3. The Labute approximate surface area is 173 Å². The molecule has 0 saturated heterocycles. The summed E-state index contributed by atoms with van der Waals surface area (Å²) in [5, 5.41) is 12.8. The molecular weight excluding hydrogens is 352 g/mol. The molecule has 0 amide bonds. The fourth-order valence-corrected chi connectivity index (χ4v) is 7.37. The SMILES string of the molecule is Cc1ccc2cc(-c3ccc(CO)c(C45CC6CC(CC(C6)C4)C5)c3)ccc2c1. The molecular formula is C28H30O. The number of rotatable bonds is 3. The smallest absolute Gasteiger partial charge is 0.0684 e. The van der Waals surface area contributed by atoms with Gasteiger partial charge in [0.05, 0.1) is 6.61 Å². The number of aryl methyl sites for hydroxylation is 1. The van der Waals surface area contributed by atoms with Crippen LogP contribution in [-0.2, 0) is 12.0 Å². The third kappa shape index (κ3) is 2.86. The van der Waals surface area contributed by atoms with Crippen molar-refractivity contribution in [1.29, 1.82) is 0 Å². The normalized spacial score (nSPS) is 30.2. The second-order valence-electron chi connectivity index (χ2n) is 10.3. The highest BCUT2D eigenvalue weighted by atomic mass is 16.3. The summed E-state index contributed by atoms with van der Waals surface area (Å²) in [4.78, 5) is 0. The van der Waals surface area contributed by atoms with Gasteiger partial charge in [0.25, 0.3) is 0 Å². The van der Waals surface area contributed by atoms with Gasteiger partial charge >= 0.3 is 0 Å². The fourth-order valence-electron chi connectivity index (χ4n) is 7.37. The first-order valence-electron chi connectivity index (χ1n) is 11.4. The first kappa shape index (κ1) is 17.7. The molecule has 0 heterocycles. The van der Waals surface area contributed by atoms with Crippen LogP contribution in [0.1, 0.15) is 55.2 Å². The number of aliphatic hydroxyl groups excluding tert-OH is 1. The molecule has 3 aromatic rings. The Balaban J connectivity index is 1.46. The van der Waals surface area contributed by atoms with Crippen molar-refractivity contribution in [1.82, 2.24) is 0 Å². The minimum absolute atomic E-state index is 0.161. The van der Waals surface area contributed by atoms with Gasteiger partial charge in [-0.1, -0.05) is 54.1 Å². The van der Waals surface area contributed by atoms with Crippen LogP contribution < -0.4 is 0 Å². The van der Waals surface area contributed by atoms with Crippen molar-refractivity contribution in [2.75, 3.05) is 0 Å². The summed E-state index contributed by atoms with van der Waals surface area (Å²) in [5.74, 6) is 2.75. The van der Waals surface area contributed by atoms with Gasteiger partial charge < -0.3 is 5.11 Å². The van der Waals surface area contributed by atoms with Gasteiger partial charge in [-0.3, -0.25) is 0 Å². The van der Waals surface area contributed by atoms with Crippen LogP contribution in [0.15, 0.2) is 54.6 Å². The van der Waals surface area contributed by atoms with Crippen LogP contribution in [0, 0.1) is 24.7 Å². The molecule has 4 fully saturated rings. The molecule has 29 heavy (non-hydrogen) atoms. The van der Waals surface area contributed by atoms with Crippen LogP contribution in [0.25, 0.3) is 21.9 Å². The van der Waals surface area contributed by atoms with Crippen molar-refractivity contribution in [2.45, 2.75) is 57.5 Å². The molecule has 1 nitrogen and oxygen atoms in total. The molecule has 0 radical (unpaired) electrons. The van der Waals surface area contributed by atoms with Gasteiger partial charge in [-0.15, -0.1) is 0 Å². The molecule has 3 aromatic carbocycles. The summed E-state index contributed by atoms with van der Waals surface area (Å²) in [6.45, 7) is 2.31. The lowest BCUT2D eigenvalue weighted by atomic mass is 9.47. The highest BCUT2D eigenvalue weighted by molar-refractivity contribution is 5.88. The van der Waals surface area contributed by atoms with E-state index in [1.807, 2.05) is 0 Å². The Hall–Kier alpha value is -2.12. The molecule has 4 saturated carbocycles. The quantitative estimate of drug-likeness (QED) is 0.529. The molecule has 7 rings (SSSR count). The highest BCUT2D eigenvalue weighted by Gasteiger charge is 2.52. The second-order valence-corrected chi connectivity index (χ2v) is 10.3. The topological polar surface area (TPSA) is 20.2 Å². The monoisotopic (exact) mass is 382 g/mol. The Morgan fingerprint density at radius 1 is 0.759 bits per heavy atom. The summed E-state index contributed by atoms with van der Waals surface area (Å²) in [7, 11) is 0. The summed E-state index contributed by atoms with van der Waals surface area (Å²) in [6, 6.07) is 20.4. The van der Waals surface area contributed by atoms with E-state index < -0.39 is 0 Å². The maximum absolute atomic E-state index is 10.1. The van der Waals surface area contributed by atoms with Crippen molar-refractivity contribution < 1.29 is 5.11 Å². The third-order valence-corrected chi connectivity index (χ3v) is 8.22. The van der Waals surface area contributed by atoms with E-state index in [1.165, 1.54) is 71.6 Å². The standard InChI is InChI=1S/C28H30O/c1-18-2-3-23-12-24(5-4-22(23)8-18)25-6-7-26(17-29)27(13-25)28-14-19-9-20(15-28)11-21(10-19)16-28/h2-8,12-13,19-21,29H,9-11,14-17H2,1H3. The van der Waals surface area contributed by atoms with E-state index in [0.29, 0.717) is 5.41 Å². The number of hydrogen-bond donors (Lipinski definition) is 1. The Morgan fingerprint density at radius 3 is 2.03 bits per heavy atom. The lowest BCUT2D eigenvalue weighted by Crippen LogP contribution is -2.49. The Morgan fingerprint density at radius 2 is 1.34 bits per heavy atom. The molecule has 1 heteroatoms. The van der Waals surface area contributed by atoms with E-state index in [1.54, 1.807) is 0 Å². The van der Waals surface area contributed by atoms with Gasteiger partial charge in [-0.05, 0) is 108 Å². The molecule has 1 N–H and O–H groups in total. The first-order chi connectivity index (χ1) is 14.1. The number of fused-ring (bicyclic) bond motifs is 1. The van der Waals surface area contributed by atoms with Crippen LogP contribution in [0.3, 0.4) is 0 Å². The van der Waals surface area contributed by atoms with Gasteiger partial charge in [0.15, 0.2) is 0 Å². The maximum atomic E-state index is 10.1. The van der Waals surface area contributed by atoms with E-state index >= 15 is 0 Å². The van der Waals surface area contributed by atoms with E-state index in [9.17, 15) is 5.11 Å². The lowest BCUT2D eigenvalue weighted by Gasteiger charge is -2.57. The van der Waals surface area contributed by atoms with Crippen molar-refractivity contribution >= 4 is 10.8 Å². The van der Waals surface area contributed by atoms with Crippen molar-refractivity contribution in [3.63, 3.8) is 0 Å². The van der Waals surface area contributed by atoms with Crippen molar-refractivity contribution in [2.24, 2.45) is 17.8 Å². The molecule has 0 atom stereocenters. The van der Waals surface area contributed by atoms with E-state index in [4.69, 9.17) is 0 Å². The Kier molecular flexibility index (Phi) is 3.93. The van der Waals surface area contributed by atoms with Crippen molar-refractivity contribution in [3.8, 4) is 11.1 Å². The third-order valence-electron chi connectivity index (χ3n) is 8.22.